The molecule has 2 amide bonds. The first-order valence-corrected chi connectivity index (χ1v) is 17.0. The van der Waals surface area contributed by atoms with Crippen molar-refractivity contribution in [1.82, 2.24) is 0 Å². The lowest BCUT2D eigenvalue weighted by Gasteiger charge is -2.20. The topological polar surface area (TPSA) is 92.5 Å². The van der Waals surface area contributed by atoms with Crippen molar-refractivity contribution in [2.24, 2.45) is 15.0 Å². The number of halogens is 4. The zero-order valence-corrected chi connectivity index (χ0v) is 28.5. The molecule has 0 radical (unpaired) electrons. The number of ether oxygens (including phenoxy) is 1. The quantitative estimate of drug-likeness (QED) is 0.250. The Labute approximate surface area is 284 Å². The largest absolute Gasteiger partial charge is 0.573 e. The Balaban J connectivity index is 1.17. The van der Waals surface area contributed by atoms with E-state index in [4.69, 9.17) is 0 Å². The summed E-state index contributed by atoms with van der Waals surface area (Å²) in [6.07, 6.45) is -0.589. The first-order valence-electron chi connectivity index (χ1n) is 15.3. The minimum Gasteiger partial charge on any atom is -0.406 e. The maximum Gasteiger partial charge on any atom is 0.573 e. The number of Topliss-reactive ketones (excluding diaryl/α,β-unsaturated/α-hetero) is 1. The van der Waals surface area contributed by atoms with Crippen LogP contribution in [0.2, 0.25) is 0 Å². The van der Waals surface area contributed by atoms with E-state index >= 15 is 0 Å². The highest BCUT2D eigenvalue weighted by molar-refractivity contribution is 9.10. The molecular weight excluding hydrogens is 693 g/mol. The number of aliphatic imine (C=N–C) groups is 3. The Hall–Kier alpha value is -3.77. The molecule has 2 aliphatic heterocycles. The van der Waals surface area contributed by atoms with Gasteiger partial charge in [0, 0.05) is 22.2 Å². The Morgan fingerprint density at radius 3 is 2.60 bits per heavy atom. The van der Waals surface area contributed by atoms with Gasteiger partial charge in [0.1, 0.15) is 5.75 Å². The lowest BCUT2D eigenvalue weighted by atomic mass is 9.83. The van der Waals surface area contributed by atoms with Crippen LogP contribution in [0.5, 0.6) is 5.75 Å². The lowest BCUT2D eigenvalue weighted by Crippen LogP contribution is -2.17. The van der Waals surface area contributed by atoms with Crippen LogP contribution in [0.3, 0.4) is 0 Å². The zero-order valence-electron chi connectivity index (χ0n) is 26.1. The van der Waals surface area contributed by atoms with Crippen LogP contribution in [0.15, 0.2) is 80.1 Å². The standard InChI is InChI=1S/C35H34BrF3N4O3S/c1-20(2)26-12-4-21(3)16-28(26)27-13-15-32(47-19-31(27)44)43-34(45)42-30-14-8-23(17-29(30)36)33-40-18-24(41-33)9-5-22-6-10-25(11-7-22)46-35(37,38)39/h4,6-8,10-12,14,16-18,20,24,27H,5,9,13,15,19H2,1-3H3,(H,42,45)/b43-32-. The highest BCUT2D eigenvalue weighted by Gasteiger charge is 2.31. The van der Waals surface area contributed by atoms with Crippen LogP contribution in [0.4, 0.5) is 23.7 Å². The number of nitrogens with zero attached hydrogens (tertiary/aromatic N) is 3. The molecule has 47 heavy (non-hydrogen) atoms. The van der Waals surface area contributed by atoms with Crippen LogP contribution in [0.1, 0.15) is 72.8 Å². The molecule has 0 spiro atoms. The molecule has 0 aromatic heterocycles. The number of hydrogen-bond donors (Lipinski definition) is 1. The van der Waals surface area contributed by atoms with Crippen LogP contribution in [0.25, 0.3) is 0 Å². The second-order valence-corrected chi connectivity index (χ2v) is 13.7. The third-order valence-electron chi connectivity index (χ3n) is 7.89. The van der Waals surface area contributed by atoms with Gasteiger partial charge in [-0.05, 0) is 101 Å². The second kappa shape index (κ2) is 15.0. The minimum absolute atomic E-state index is 0.153. The first kappa shape index (κ1) is 34.6. The molecule has 2 aliphatic rings. The van der Waals surface area contributed by atoms with E-state index in [1.807, 2.05) is 19.1 Å². The molecule has 2 unspecified atom stereocenters. The normalized spacial score (nSPS) is 19.2. The summed E-state index contributed by atoms with van der Waals surface area (Å²) < 4.78 is 41.7. The Bertz CT molecular complexity index is 1740. The molecule has 3 aromatic rings. The maximum absolute atomic E-state index is 13.1. The van der Waals surface area contributed by atoms with Crippen LogP contribution in [-0.4, -0.2) is 47.1 Å². The zero-order chi connectivity index (χ0) is 33.7. The predicted octanol–water partition coefficient (Wildman–Crippen LogP) is 9.42. The predicted molar refractivity (Wildman–Crippen MR) is 186 cm³/mol. The summed E-state index contributed by atoms with van der Waals surface area (Å²) in [6, 6.07) is 16.8. The van der Waals surface area contributed by atoms with Gasteiger partial charge in [-0.15, -0.1) is 24.9 Å². The molecule has 1 N–H and O–H groups in total. The molecule has 1 saturated heterocycles. The fourth-order valence-corrected chi connectivity index (χ4v) is 6.95. The van der Waals surface area contributed by atoms with Crippen molar-refractivity contribution in [2.75, 3.05) is 11.1 Å². The number of ketones is 1. The average molecular weight is 728 g/mol. The van der Waals surface area contributed by atoms with Crippen LogP contribution in [-0.2, 0) is 11.2 Å². The molecule has 2 heterocycles. The fraction of sp³-hybridized carbons (Fsp3) is 0.343. The summed E-state index contributed by atoms with van der Waals surface area (Å²) in [5.74, 6) is 0.801. The molecule has 246 valence electrons. The van der Waals surface area contributed by atoms with Crippen LogP contribution in [0, 0.1) is 6.92 Å². The number of amidine groups is 1. The molecular formula is C35H34BrF3N4O3S. The maximum atomic E-state index is 13.1. The molecule has 0 aliphatic carbocycles. The smallest absolute Gasteiger partial charge is 0.406 e. The van der Waals surface area contributed by atoms with E-state index in [9.17, 15) is 22.8 Å². The van der Waals surface area contributed by atoms with Gasteiger partial charge in [0.15, 0.2) is 11.6 Å². The summed E-state index contributed by atoms with van der Waals surface area (Å²) in [6.45, 7) is 6.30. The van der Waals surface area contributed by atoms with Crippen molar-refractivity contribution in [3.8, 4) is 5.75 Å². The average Bonchev–Trinajstić information content (AvgIpc) is 3.41. The molecule has 3 aromatic carbocycles. The van der Waals surface area contributed by atoms with Gasteiger partial charge < -0.3 is 10.1 Å². The second-order valence-electron chi connectivity index (χ2n) is 11.8. The van der Waals surface area contributed by atoms with Gasteiger partial charge in [-0.1, -0.05) is 49.7 Å². The van der Waals surface area contributed by atoms with E-state index in [0.717, 1.165) is 22.3 Å². The summed E-state index contributed by atoms with van der Waals surface area (Å²) in [5, 5.41) is 3.46. The van der Waals surface area contributed by atoms with Crippen molar-refractivity contribution in [2.45, 2.75) is 70.7 Å². The molecule has 12 heteroatoms. The highest BCUT2D eigenvalue weighted by Crippen LogP contribution is 2.35. The Morgan fingerprint density at radius 1 is 1.13 bits per heavy atom. The summed E-state index contributed by atoms with van der Waals surface area (Å²) >= 11 is 4.85. The SMILES string of the molecule is Cc1ccc(C(C)C)c(C2CC/C(=N/C(=O)Nc3ccc(C4=NC(CCc5ccc(OC(F)(F)F)cc5)C=N4)cc3Br)SCC2=O)c1. The molecule has 7 nitrogen and oxygen atoms in total. The van der Waals surface area contributed by atoms with E-state index in [1.165, 1.54) is 29.5 Å². The number of benzene rings is 3. The Kier molecular flexibility index (Phi) is 11.0. The van der Waals surface area contributed by atoms with Gasteiger partial charge in [-0.25, -0.2) is 9.79 Å². The number of carbonyl (C=O) groups is 2. The van der Waals surface area contributed by atoms with E-state index in [-0.39, 0.29) is 29.2 Å². The monoisotopic (exact) mass is 726 g/mol. The number of alkyl halides is 3. The number of hydrogen-bond acceptors (Lipinski definition) is 6. The van der Waals surface area contributed by atoms with Gasteiger partial charge in [-0.3, -0.25) is 9.79 Å². The van der Waals surface area contributed by atoms with E-state index in [1.54, 1.807) is 24.4 Å². The van der Waals surface area contributed by atoms with Gasteiger partial charge >= 0.3 is 12.4 Å². The van der Waals surface area contributed by atoms with Gasteiger partial charge in [0.05, 0.1) is 22.5 Å². The van der Waals surface area contributed by atoms with Crippen LogP contribution < -0.4 is 10.1 Å². The number of urea groups is 1. The summed E-state index contributed by atoms with van der Waals surface area (Å²) in [5.41, 5.74) is 5.54. The van der Waals surface area contributed by atoms with Crippen molar-refractivity contribution in [3.63, 3.8) is 0 Å². The first-order chi connectivity index (χ1) is 22.3. The van der Waals surface area contributed by atoms with Crippen molar-refractivity contribution >= 4 is 62.3 Å². The minimum atomic E-state index is -4.72. The van der Waals surface area contributed by atoms with Gasteiger partial charge in [0.25, 0.3) is 0 Å². The fourth-order valence-electron chi connectivity index (χ4n) is 5.55. The van der Waals surface area contributed by atoms with E-state index in [2.05, 4.69) is 73.0 Å². The van der Waals surface area contributed by atoms with E-state index in [0.29, 0.717) is 52.6 Å². The lowest BCUT2D eigenvalue weighted by molar-refractivity contribution is -0.274. The molecule has 2 atom stereocenters. The van der Waals surface area contributed by atoms with Gasteiger partial charge in [0.2, 0.25) is 0 Å². The number of anilines is 1. The molecule has 1 fully saturated rings. The number of amides is 2. The molecule has 0 bridgehead atoms. The third-order valence-corrected chi connectivity index (χ3v) is 9.61. The Morgan fingerprint density at radius 2 is 1.89 bits per heavy atom. The van der Waals surface area contributed by atoms with Crippen molar-refractivity contribution in [1.29, 1.82) is 0 Å². The number of aryl methyl sites for hydroxylation is 2. The van der Waals surface area contributed by atoms with Crippen LogP contribution >= 0.6 is 27.7 Å². The number of nitrogens with one attached hydrogen (secondary N) is 1. The van der Waals surface area contributed by atoms with Crippen molar-refractivity contribution < 1.29 is 27.5 Å². The molecule has 0 saturated carbocycles. The number of thioether (sulfide) groups is 1. The highest BCUT2D eigenvalue weighted by atomic mass is 79.9. The van der Waals surface area contributed by atoms with E-state index < -0.39 is 12.4 Å². The third kappa shape index (κ3) is 9.41. The van der Waals surface area contributed by atoms with Crippen molar-refractivity contribution in [3.05, 3.63) is 93.0 Å². The molecule has 5 rings (SSSR count). The number of carbonyl (C=O) groups excluding carboxylic acids is 2. The number of rotatable bonds is 8. The van der Waals surface area contributed by atoms with Gasteiger partial charge in [-0.2, -0.15) is 4.99 Å². The summed E-state index contributed by atoms with van der Waals surface area (Å²) in [4.78, 5) is 39.5. The summed E-state index contributed by atoms with van der Waals surface area (Å²) in [7, 11) is 0.